The predicted molar refractivity (Wildman–Crippen MR) is 217 cm³/mol. The molecule has 0 aromatic heterocycles. The summed E-state index contributed by atoms with van der Waals surface area (Å²) in [5.74, 6) is -1.67. The molecule has 3 fully saturated rings. The van der Waals surface area contributed by atoms with E-state index in [1.54, 1.807) is 27.9 Å². The van der Waals surface area contributed by atoms with Crippen molar-refractivity contribution in [1.82, 2.24) is 19.6 Å². The Morgan fingerprint density at radius 3 is 2.30 bits per heavy atom. The second-order valence-electron chi connectivity index (χ2n) is 17.6. The molecule has 2 aromatic rings. The number of fused-ring (bicyclic) bond motifs is 1. The number of benzene rings is 2. The average molecular weight is 782 g/mol. The quantitative estimate of drug-likeness (QED) is 0.299. The van der Waals surface area contributed by atoms with Gasteiger partial charge in [-0.25, -0.2) is 4.79 Å². The number of likely N-dealkylation sites (N-methyl/N-ethyl adjacent to an activating group) is 2. The van der Waals surface area contributed by atoms with E-state index in [-0.39, 0.29) is 35.9 Å². The first-order chi connectivity index (χ1) is 26.3. The summed E-state index contributed by atoms with van der Waals surface area (Å²) in [6.45, 7) is 16.6. The van der Waals surface area contributed by atoms with Gasteiger partial charge in [0.2, 0.25) is 0 Å². The van der Waals surface area contributed by atoms with Gasteiger partial charge in [-0.15, -0.1) is 0 Å². The lowest BCUT2D eigenvalue weighted by Crippen LogP contribution is -2.59. The molecule has 0 bridgehead atoms. The van der Waals surface area contributed by atoms with Gasteiger partial charge in [0, 0.05) is 64.0 Å². The monoisotopic (exact) mass is 781 g/mol. The molecule has 13 heteroatoms. The highest BCUT2D eigenvalue weighted by Crippen LogP contribution is 2.38. The highest BCUT2D eigenvalue weighted by Gasteiger charge is 2.52. The van der Waals surface area contributed by atoms with Crippen molar-refractivity contribution in [2.24, 2.45) is 17.3 Å². The fourth-order valence-corrected chi connectivity index (χ4v) is 9.00. The average Bonchev–Trinajstić information content (AvgIpc) is 3.15. The van der Waals surface area contributed by atoms with Crippen LogP contribution in [0.25, 0.3) is 10.8 Å². The molecule has 0 saturated carbocycles. The van der Waals surface area contributed by atoms with Gasteiger partial charge in [-0.3, -0.25) is 19.4 Å². The molecule has 3 heterocycles. The third-order valence-electron chi connectivity index (χ3n) is 12.5. The molecule has 3 aliphatic heterocycles. The van der Waals surface area contributed by atoms with Crippen LogP contribution < -0.4 is 5.32 Å². The summed E-state index contributed by atoms with van der Waals surface area (Å²) < 4.78 is 25.3. The van der Waals surface area contributed by atoms with Crippen molar-refractivity contribution < 1.29 is 38.4 Å². The molecule has 13 nitrogen and oxygen atoms in total. The van der Waals surface area contributed by atoms with Crippen LogP contribution in [0.5, 0.6) is 0 Å². The minimum Gasteiger partial charge on any atom is -0.460 e. The number of ketones is 1. The van der Waals surface area contributed by atoms with E-state index in [4.69, 9.17) is 18.9 Å². The number of urea groups is 1. The van der Waals surface area contributed by atoms with Gasteiger partial charge >= 0.3 is 12.0 Å². The van der Waals surface area contributed by atoms with Gasteiger partial charge in [0.1, 0.15) is 17.6 Å². The molecule has 5 rings (SSSR count). The summed E-state index contributed by atoms with van der Waals surface area (Å²) >= 11 is 0. The molecule has 0 unspecified atom stereocenters. The first-order valence-corrected chi connectivity index (χ1v) is 20.3. The third-order valence-corrected chi connectivity index (χ3v) is 12.5. The maximum Gasteiger partial charge on any atom is 0.321 e. The summed E-state index contributed by atoms with van der Waals surface area (Å²) in [6, 6.07) is 13.5. The van der Waals surface area contributed by atoms with E-state index in [9.17, 15) is 19.5 Å². The minimum atomic E-state index is -1.50. The number of piperazine rings is 1. The predicted octanol–water partition coefficient (Wildman–Crippen LogP) is 4.71. The number of esters is 1. The minimum absolute atomic E-state index is 0.0683. The first-order valence-electron chi connectivity index (χ1n) is 20.3. The lowest BCUT2D eigenvalue weighted by atomic mass is 9.74. The lowest BCUT2D eigenvalue weighted by Gasteiger charge is -2.47. The summed E-state index contributed by atoms with van der Waals surface area (Å²) in [5.41, 5.74) is -1.72. The fraction of sp³-hybridized carbons (Fsp3) is 0.698. The summed E-state index contributed by atoms with van der Waals surface area (Å²) in [7, 11) is 7.50. The van der Waals surface area contributed by atoms with E-state index >= 15 is 0 Å². The van der Waals surface area contributed by atoms with Gasteiger partial charge in [0.25, 0.3) is 0 Å². The Labute approximate surface area is 333 Å². The molecule has 2 N–H and O–H groups in total. The molecule has 10 atom stereocenters. The number of amides is 2. The highest BCUT2D eigenvalue weighted by atomic mass is 16.7. The van der Waals surface area contributed by atoms with Crippen molar-refractivity contribution in [2.75, 3.05) is 72.8 Å². The number of rotatable bonds is 7. The molecule has 312 valence electrons. The number of cyclic esters (lactones) is 1. The maximum absolute atomic E-state index is 14.5. The van der Waals surface area contributed by atoms with E-state index in [2.05, 4.69) is 22.0 Å². The zero-order valence-corrected chi connectivity index (χ0v) is 35.5. The fourth-order valence-electron chi connectivity index (χ4n) is 9.00. The molecule has 0 aliphatic carbocycles. The van der Waals surface area contributed by atoms with Crippen molar-refractivity contribution in [2.45, 2.75) is 110 Å². The Morgan fingerprint density at radius 1 is 1.00 bits per heavy atom. The number of hydrogen-bond acceptors (Lipinski definition) is 11. The number of carbonyl (C=O) groups is 3. The van der Waals surface area contributed by atoms with Crippen molar-refractivity contribution >= 4 is 34.2 Å². The number of hydrogen-bond donors (Lipinski definition) is 2. The molecule has 0 spiro atoms. The van der Waals surface area contributed by atoms with Crippen molar-refractivity contribution in [3.05, 3.63) is 42.5 Å². The molecular formula is C43H67N5O8. The lowest BCUT2D eigenvalue weighted by molar-refractivity contribution is -0.295. The topological polar surface area (TPSA) is 133 Å². The Bertz CT molecular complexity index is 1670. The number of methoxy groups -OCH3 is 1. The standard InChI is InChI=1S/C43H67N5O8/c1-27-24-43(7,53-11)38(56-39-36(49)34(45(8)9)22-28(2)54-39)29(3)37(50)42(5,6)40(51)55-30(4)35(46(10)25-27)26-47-18-20-48(21-19-47)41(52)44-33-17-16-31-14-12-13-15-32(31)23-33/h12-17,23,27-30,34-36,38-39,49H,18-22,24-26H2,1-11H3,(H,44,52)/t27-,28-,29+,30+,34+,35+,36-,38-,39+,43-/m1/s1. The van der Waals surface area contributed by atoms with Gasteiger partial charge in [0.15, 0.2) is 12.1 Å². The van der Waals surface area contributed by atoms with E-state index in [1.807, 2.05) is 94.2 Å². The van der Waals surface area contributed by atoms with Crippen molar-refractivity contribution in [1.29, 1.82) is 0 Å². The Hall–Kier alpha value is -3.17. The van der Waals surface area contributed by atoms with Crippen LogP contribution in [0.3, 0.4) is 0 Å². The van der Waals surface area contributed by atoms with Crippen molar-refractivity contribution in [3.8, 4) is 0 Å². The first kappa shape index (κ1) is 43.9. The second kappa shape index (κ2) is 18.2. The van der Waals surface area contributed by atoms with Crippen LogP contribution in [0.1, 0.15) is 61.3 Å². The maximum atomic E-state index is 14.5. The zero-order chi connectivity index (χ0) is 41.1. The van der Waals surface area contributed by atoms with E-state index in [1.165, 1.54) is 0 Å². The highest BCUT2D eigenvalue weighted by molar-refractivity contribution is 6.04. The Morgan fingerprint density at radius 2 is 1.66 bits per heavy atom. The second-order valence-corrected chi connectivity index (χ2v) is 17.6. The Balaban J connectivity index is 1.31. The summed E-state index contributed by atoms with van der Waals surface area (Å²) in [6.07, 6.45) is -2.36. The van der Waals surface area contributed by atoms with E-state index in [0.29, 0.717) is 52.1 Å². The number of aliphatic hydroxyl groups is 1. The number of anilines is 1. The van der Waals surface area contributed by atoms with Crippen LogP contribution in [-0.4, -0.2) is 158 Å². The van der Waals surface area contributed by atoms with E-state index in [0.717, 1.165) is 16.5 Å². The van der Waals surface area contributed by atoms with Gasteiger partial charge in [0.05, 0.1) is 23.9 Å². The summed E-state index contributed by atoms with van der Waals surface area (Å²) in [4.78, 5) is 50.1. The van der Waals surface area contributed by atoms with Crippen LogP contribution in [-0.2, 0) is 28.5 Å². The van der Waals surface area contributed by atoms with Crippen LogP contribution in [0.15, 0.2) is 42.5 Å². The number of nitrogens with zero attached hydrogens (tertiary/aromatic N) is 4. The molecule has 2 amide bonds. The smallest absolute Gasteiger partial charge is 0.321 e. The van der Waals surface area contributed by atoms with Crippen molar-refractivity contribution in [3.63, 3.8) is 0 Å². The number of Topliss-reactive ketones (excluding diaryl/α,β-unsaturated/α-hetero) is 1. The van der Waals surface area contributed by atoms with Gasteiger partial charge in [-0.1, -0.05) is 44.2 Å². The SMILES string of the molecule is CO[C@]1(C)C[C@@H](C)CN(C)[C@@H](CN2CCN(C(=O)Nc3ccc4ccccc4c3)CC2)[C@H](C)OC(=O)C(C)(C)C(=O)[C@H](C)[C@H]1O[C@@H]1O[C@H](C)C[C@H](N(C)C)[C@H]1O. The summed E-state index contributed by atoms with van der Waals surface area (Å²) in [5, 5.41) is 16.7. The number of nitrogens with one attached hydrogen (secondary N) is 1. The zero-order valence-electron chi connectivity index (χ0n) is 35.5. The number of carbonyl (C=O) groups excluding carboxylic acids is 3. The molecule has 56 heavy (non-hydrogen) atoms. The van der Waals surface area contributed by atoms with Gasteiger partial charge in [-0.05, 0) is 97.4 Å². The molecule has 2 aromatic carbocycles. The number of ether oxygens (including phenoxy) is 4. The van der Waals surface area contributed by atoms with Crippen LogP contribution in [0.4, 0.5) is 10.5 Å². The molecule has 0 radical (unpaired) electrons. The number of aliphatic hydroxyl groups excluding tert-OH is 1. The Kier molecular flexibility index (Phi) is 14.3. The van der Waals surface area contributed by atoms with Crippen LogP contribution >= 0.6 is 0 Å². The molecular weight excluding hydrogens is 715 g/mol. The van der Waals surface area contributed by atoms with Crippen LogP contribution in [0.2, 0.25) is 0 Å². The molecule has 3 aliphatic rings. The van der Waals surface area contributed by atoms with Gasteiger partial charge in [-0.2, -0.15) is 0 Å². The van der Waals surface area contributed by atoms with Crippen LogP contribution in [0, 0.1) is 17.3 Å². The largest absolute Gasteiger partial charge is 0.460 e. The van der Waals surface area contributed by atoms with Gasteiger partial charge < -0.3 is 39.2 Å². The van der Waals surface area contributed by atoms with E-state index < -0.39 is 47.5 Å². The molecule has 3 saturated heterocycles. The third kappa shape index (κ3) is 9.91. The normalized spacial score (nSPS) is 34.4.